The number of nitrogens with zero attached hydrogens (tertiary/aromatic N) is 1. The Bertz CT molecular complexity index is 530. The van der Waals surface area contributed by atoms with Crippen LogP contribution >= 0.6 is 0 Å². The highest BCUT2D eigenvalue weighted by Gasteiger charge is 2.18. The third-order valence-electron chi connectivity index (χ3n) is 3.14. The standard InChI is InChI=1S/C13H22FN3O2S/c1-3-17(4-2)10-6-9-16-20(18,19)12-8-5-7-11(14)13(12)15/h5,7-8,16H,3-4,6,9-10,15H2,1-2H3. The molecule has 0 amide bonds. The zero-order valence-electron chi connectivity index (χ0n) is 11.9. The van der Waals surface area contributed by atoms with E-state index in [0.717, 1.165) is 25.7 Å². The van der Waals surface area contributed by atoms with Crippen LogP contribution in [0.15, 0.2) is 23.1 Å². The van der Waals surface area contributed by atoms with Gasteiger partial charge in [-0.2, -0.15) is 0 Å². The largest absolute Gasteiger partial charge is 0.395 e. The molecule has 1 rings (SSSR count). The average Bonchev–Trinajstić information content (AvgIpc) is 2.42. The topological polar surface area (TPSA) is 75.4 Å². The molecule has 0 heterocycles. The lowest BCUT2D eigenvalue weighted by atomic mass is 10.3. The quantitative estimate of drug-likeness (QED) is 0.562. The summed E-state index contributed by atoms with van der Waals surface area (Å²) in [6.07, 6.45) is 0.691. The van der Waals surface area contributed by atoms with E-state index in [-0.39, 0.29) is 10.6 Å². The minimum Gasteiger partial charge on any atom is -0.395 e. The van der Waals surface area contributed by atoms with Crippen LogP contribution in [-0.4, -0.2) is 39.5 Å². The summed E-state index contributed by atoms with van der Waals surface area (Å²) in [6.45, 7) is 7.09. The van der Waals surface area contributed by atoms with Gasteiger partial charge in [-0.1, -0.05) is 19.9 Å². The molecule has 0 radical (unpaired) electrons. The molecule has 0 aliphatic carbocycles. The van der Waals surface area contributed by atoms with E-state index in [9.17, 15) is 12.8 Å². The van der Waals surface area contributed by atoms with Crippen molar-refractivity contribution in [1.29, 1.82) is 0 Å². The first kappa shape index (κ1) is 16.9. The number of hydrogen-bond donors (Lipinski definition) is 2. The molecule has 3 N–H and O–H groups in total. The predicted molar refractivity (Wildman–Crippen MR) is 78.4 cm³/mol. The zero-order valence-corrected chi connectivity index (χ0v) is 12.7. The summed E-state index contributed by atoms with van der Waals surface area (Å²) in [5, 5.41) is 0. The number of nitrogen functional groups attached to an aromatic ring is 1. The van der Waals surface area contributed by atoms with Crippen molar-refractivity contribution in [3.05, 3.63) is 24.0 Å². The zero-order chi connectivity index (χ0) is 15.2. The Hall–Kier alpha value is -1.18. The molecule has 0 saturated heterocycles. The van der Waals surface area contributed by atoms with Crippen LogP contribution in [0.25, 0.3) is 0 Å². The molecule has 0 aromatic heterocycles. The lowest BCUT2D eigenvalue weighted by molar-refractivity contribution is 0.300. The highest BCUT2D eigenvalue weighted by molar-refractivity contribution is 7.89. The molecule has 0 atom stereocenters. The van der Waals surface area contributed by atoms with Gasteiger partial charge in [0.05, 0.1) is 5.69 Å². The molecule has 0 aliphatic heterocycles. The Labute approximate surface area is 120 Å². The first-order valence-electron chi connectivity index (χ1n) is 6.68. The van der Waals surface area contributed by atoms with Crippen LogP contribution in [0.2, 0.25) is 0 Å². The third kappa shape index (κ3) is 4.43. The Morgan fingerprint density at radius 1 is 1.30 bits per heavy atom. The Kier molecular flexibility index (Phi) is 6.38. The molecule has 20 heavy (non-hydrogen) atoms. The van der Waals surface area contributed by atoms with Gasteiger partial charge in [-0.3, -0.25) is 0 Å². The van der Waals surface area contributed by atoms with Crippen LogP contribution in [0.1, 0.15) is 20.3 Å². The summed E-state index contributed by atoms with van der Waals surface area (Å²) < 4.78 is 39.8. The van der Waals surface area contributed by atoms with Crippen LogP contribution in [0, 0.1) is 5.82 Å². The third-order valence-corrected chi connectivity index (χ3v) is 4.66. The fourth-order valence-corrected chi connectivity index (χ4v) is 3.09. The van der Waals surface area contributed by atoms with Gasteiger partial charge in [0.2, 0.25) is 10.0 Å². The number of para-hydroxylation sites is 1. The van der Waals surface area contributed by atoms with Crippen molar-refractivity contribution >= 4 is 15.7 Å². The van der Waals surface area contributed by atoms with Crippen molar-refractivity contribution in [3.63, 3.8) is 0 Å². The lowest BCUT2D eigenvalue weighted by Crippen LogP contribution is -2.30. The van der Waals surface area contributed by atoms with Gasteiger partial charge in [0.25, 0.3) is 0 Å². The summed E-state index contributed by atoms with van der Waals surface area (Å²) in [6, 6.07) is 3.76. The maximum absolute atomic E-state index is 13.3. The van der Waals surface area contributed by atoms with Crippen LogP contribution in [0.3, 0.4) is 0 Å². The molecular weight excluding hydrogens is 281 g/mol. The SMILES string of the molecule is CCN(CC)CCCNS(=O)(=O)c1cccc(F)c1N. The van der Waals surface area contributed by atoms with Crippen LogP contribution in [0.4, 0.5) is 10.1 Å². The maximum Gasteiger partial charge on any atom is 0.242 e. The molecule has 1 aromatic rings. The molecule has 5 nitrogen and oxygen atoms in total. The van der Waals surface area contributed by atoms with Gasteiger partial charge < -0.3 is 10.6 Å². The van der Waals surface area contributed by atoms with Crippen molar-refractivity contribution < 1.29 is 12.8 Å². The van der Waals surface area contributed by atoms with Gasteiger partial charge in [-0.05, 0) is 38.2 Å². The van der Waals surface area contributed by atoms with Crippen molar-refractivity contribution in [2.45, 2.75) is 25.2 Å². The van der Waals surface area contributed by atoms with E-state index in [1.165, 1.54) is 12.1 Å². The molecule has 0 aliphatic rings. The molecule has 0 spiro atoms. The Balaban J connectivity index is 2.60. The summed E-state index contributed by atoms with van der Waals surface area (Å²) >= 11 is 0. The Morgan fingerprint density at radius 2 is 1.95 bits per heavy atom. The summed E-state index contributed by atoms with van der Waals surface area (Å²) in [5.41, 5.74) is 5.12. The van der Waals surface area contributed by atoms with Crippen molar-refractivity contribution in [1.82, 2.24) is 9.62 Å². The van der Waals surface area contributed by atoms with Crippen molar-refractivity contribution in [3.8, 4) is 0 Å². The second kappa shape index (κ2) is 7.56. The van der Waals surface area contributed by atoms with Crippen LogP contribution < -0.4 is 10.5 Å². The minimum atomic E-state index is -3.76. The maximum atomic E-state index is 13.3. The van der Waals surface area contributed by atoms with E-state index in [2.05, 4.69) is 23.5 Å². The molecular formula is C13H22FN3O2S. The fraction of sp³-hybridized carbons (Fsp3) is 0.538. The van der Waals surface area contributed by atoms with Gasteiger partial charge in [-0.15, -0.1) is 0 Å². The normalized spacial score (nSPS) is 12.0. The molecule has 0 saturated carbocycles. The predicted octanol–water partition coefficient (Wildman–Crippen LogP) is 1.42. The molecule has 7 heteroatoms. The molecule has 0 fully saturated rings. The van der Waals surface area contributed by atoms with Crippen LogP contribution in [-0.2, 0) is 10.0 Å². The number of sulfonamides is 1. The fourth-order valence-electron chi connectivity index (χ4n) is 1.88. The molecule has 0 unspecified atom stereocenters. The lowest BCUT2D eigenvalue weighted by Gasteiger charge is -2.17. The monoisotopic (exact) mass is 303 g/mol. The van der Waals surface area contributed by atoms with Gasteiger partial charge >= 0.3 is 0 Å². The first-order valence-corrected chi connectivity index (χ1v) is 8.16. The minimum absolute atomic E-state index is 0.208. The van der Waals surface area contributed by atoms with Crippen molar-refractivity contribution in [2.24, 2.45) is 0 Å². The Morgan fingerprint density at radius 3 is 2.55 bits per heavy atom. The van der Waals surface area contributed by atoms with Gasteiger partial charge in [0, 0.05) is 6.54 Å². The number of nitrogens with two attached hydrogens (primary N) is 1. The molecule has 0 bridgehead atoms. The summed E-state index contributed by atoms with van der Waals surface area (Å²) in [7, 11) is -3.76. The number of hydrogen-bond acceptors (Lipinski definition) is 4. The second-order valence-electron chi connectivity index (χ2n) is 4.43. The second-order valence-corrected chi connectivity index (χ2v) is 6.17. The highest BCUT2D eigenvalue weighted by Crippen LogP contribution is 2.20. The first-order chi connectivity index (χ1) is 9.42. The van der Waals surface area contributed by atoms with E-state index in [4.69, 9.17) is 5.73 Å². The van der Waals surface area contributed by atoms with Gasteiger partial charge in [0.15, 0.2) is 0 Å². The number of benzene rings is 1. The summed E-state index contributed by atoms with van der Waals surface area (Å²) in [4.78, 5) is 1.99. The number of nitrogens with one attached hydrogen (secondary N) is 1. The number of rotatable bonds is 8. The van der Waals surface area contributed by atoms with E-state index in [1.54, 1.807) is 0 Å². The van der Waals surface area contributed by atoms with Gasteiger partial charge in [-0.25, -0.2) is 17.5 Å². The average molecular weight is 303 g/mol. The van der Waals surface area contributed by atoms with E-state index < -0.39 is 15.8 Å². The van der Waals surface area contributed by atoms with E-state index >= 15 is 0 Å². The number of halogens is 1. The highest BCUT2D eigenvalue weighted by atomic mass is 32.2. The van der Waals surface area contributed by atoms with Crippen molar-refractivity contribution in [2.75, 3.05) is 31.9 Å². The van der Waals surface area contributed by atoms with Gasteiger partial charge in [0.1, 0.15) is 10.7 Å². The van der Waals surface area contributed by atoms with E-state index in [0.29, 0.717) is 13.0 Å². The molecule has 114 valence electrons. The number of anilines is 1. The summed E-state index contributed by atoms with van der Waals surface area (Å²) in [5.74, 6) is -0.726. The molecule has 1 aromatic carbocycles. The van der Waals surface area contributed by atoms with Crippen LogP contribution in [0.5, 0.6) is 0 Å². The van der Waals surface area contributed by atoms with E-state index in [1.807, 2.05) is 0 Å². The smallest absolute Gasteiger partial charge is 0.242 e.